The third-order valence-corrected chi connectivity index (χ3v) is 3.51. The minimum absolute atomic E-state index is 0.129. The molecule has 0 aliphatic rings. The van der Waals surface area contributed by atoms with Crippen LogP contribution in [0.4, 0.5) is 0 Å². The number of carboxylic acid groups (broad SMARTS) is 1. The summed E-state index contributed by atoms with van der Waals surface area (Å²) in [7, 11) is 0. The number of fused-ring (bicyclic) bond motifs is 1. The number of hydrogen-bond donors (Lipinski definition) is 2. The van der Waals surface area contributed by atoms with Gasteiger partial charge in [0, 0.05) is 26.5 Å². The fourth-order valence-electron chi connectivity index (χ4n) is 2.30. The van der Waals surface area contributed by atoms with E-state index in [9.17, 15) is 9.90 Å². The zero-order valence-electron chi connectivity index (χ0n) is 10.2. The molecule has 0 saturated carbocycles. The monoisotopic (exact) mass is 305 g/mol. The van der Waals surface area contributed by atoms with Gasteiger partial charge in [-0.15, -0.1) is 0 Å². The normalized spacial score (nSPS) is 10.9. The molecule has 0 unspecified atom stereocenters. The number of H-pyrrole nitrogens is 1. The summed E-state index contributed by atoms with van der Waals surface area (Å²) in [6, 6.07) is 12.4. The molecule has 2 N–H and O–H groups in total. The van der Waals surface area contributed by atoms with Gasteiger partial charge in [-0.3, -0.25) is 0 Å². The molecule has 3 nitrogen and oxygen atoms in total. The Labute approximate surface area is 124 Å². The van der Waals surface area contributed by atoms with Crippen molar-refractivity contribution in [2.75, 3.05) is 0 Å². The largest absolute Gasteiger partial charge is 0.477 e. The Morgan fingerprint density at radius 1 is 1.05 bits per heavy atom. The molecule has 20 heavy (non-hydrogen) atoms. The molecule has 1 aromatic heterocycles. The summed E-state index contributed by atoms with van der Waals surface area (Å²) in [6.45, 7) is 0. The zero-order valence-corrected chi connectivity index (χ0v) is 11.7. The second kappa shape index (κ2) is 4.85. The lowest BCUT2D eigenvalue weighted by molar-refractivity contribution is 0.0692. The summed E-state index contributed by atoms with van der Waals surface area (Å²) in [5.74, 6) is -1.02. The van der Waals surface area contributed by atoms with Crippen LogP contribution >= 0.6 is 23.2 Å². The maximum atomic E-state index is 11.4. The zero-order chi connectivity index (χ0) is 14.3. The Morgan fingerprint density at radius 3 is 2.35 bits per heavy atom. The summed E-state index contributed by atoms with van der Waals surface area (Å²) in [6.07, 6.45) is 0. The van der Waals surface area contributed by atoms with Crippen LogP contribution in [0.5, 0.6) is 0 Å². The molecule has 0 aliphatic carbocycles. The molecule has 5 heteroatoms. The smallest absolute Gasteiger partial charge is 0.352 e. The minimum Gasteiger partial charge on any atom is -0.477 e. The van der Waals surface area contributed by atoms with Crippen LogP contribution in [0.15, 0.2) is 42.5 Å². The maximum Gasteiger partial charge on any atom is 0.352 e. The standard InChI is InChI=1S/C15H9Cl2NO2/c16-9-5-8(6-10(17)7-9)13-11-3-1-2-4-12(11)18-14(13)15(19)20/h1-7,18H,(H,19,20). The number of para-hydroxylation sites is 1. The molecule has 2 aromatic carbocycles. The number of carbonyl (C=O) groups is 1. The molecule has 0 fully saturated rings. The Hall–Kier alpha value is -1.97. The summed E-state index contributed by atoms with van der Waals surface area (Å²) < 4.78 is 0. The van der Waals surface area contributed by atoms with Crippen molar-refractivity contribution in [3.63, 3.8) is 0 Å². The number of halogens is 2. The van der Waals surface area contributed by atoms with Gasteiger partial charge in [-0.25, -0.2) is 4.79 Å². The third kappa shape index (κ3) is 2.15. The quantitative estimate of drug-likeness (QED) is 0.711. The molecule has 0 bridgehead atoms. The second-order valence-electron chi connectivity index (χ2n) is 4.38. The SMILES string of the molecule is O=C(O)c1[nH]c2ccccc2c1-c1cc(Cl)cc(Cl)c1. The number of hydrogen-bond acceptors (Lipinski definition) is 1. The van der Waals surface area contributed by atoms with E-state index < -0.39 is 5.97 Å². The van der Waals surface area contributed by atoms with Crippen molar-refractivity contribution in [1.82, 2.24) is 4.98 Å². The van der Waals surface area contributed by atoms with Crippen LogP contribution in [0.25, 0.3) is 22.0 Å². The first-order chi connectivity index (χ1) is 9.56. The third-order valence-electron chi connectivity index (χ3n) is 3.07. The van der Waals surface area contributed by atoms with E-state index in [4.69, 9.17) is 23.2 Å². The number of aromatic carboxylic acids is 1. The Bertz CT molecular complexity index is 804. The Balaban J connectivity index is 2.38. The van der Waals surface area contributed by atoms with E-state index in [1.165, 1.54) is 0 Å². The van der Waals surface area contributed by atoms with Gasteiger partial charge in [-0.1, -0.05) is 41.4 Å². The lowest BCUT2D eigenvalue weighted by atomic mass is 10.0. The number of aromatic nitrogens is 1. The highest BCUT2D eigenvalue weighted by Gasteiger charge is 2.18. The van der Waals surface area contributed by atoms with Crippen molar-refractivity contribution < 1.29 is 9.90 Å². The van der Waals surface area contributed by atoms with Crippen molar-refractivity contribution in [1.29, 1.82) is 0 Å². The van der Waals surface area contributed by atoms with Crippen LogP contribution in [0.3, 0.4) is 0 Å². The number of rotatable bonds is 2. The van der Waals surface area contributed by atoms with E-state index in [-0.39, 0.29) is 5.69 Å². The highest BCUT2D eigenvalue weighted by molar-refractivity contribution is 6.35. The number of nitrogens with one attached hydrogen (secondary N) is 1. The van der Waals surface area contributed by atoms with Gasteiger partial charge >= 0.3 is 5.97 Å². The summed E-state index contributed by atoms with van der Waals surface area (Å²) in [5, 5.41) is 11.1. The van der Waals surface area contributed by atoms with Gasteiger partial charge in [0.2, 0.25) is 0 Å². The van der Waals surface area contributed by atoms with E-state index in [0.29, 0.717) is 21.2 Å². The van der Waals surface area contributed by atoms with Gasteiger partial charge < -0.3 is 10.1 Å². The van der Waals surface area contributed by atoms with Gasteiger partial charge in [-0.2, -0.15) is 0 Å². The molecular weight excluding hydrogens is 297 g/mol. The van der Waals surface area contributed by atoms with E-state index >= 15 is 0 Å². The highest BCUT2D eigenvalue weighted by atomic mass is 35.5. The Kier molecular flexibility index (Phi) is 3.16. The number of carboxylic acids is 1. The minimum atomic E-state index is -1.02. The predicted molar refractivity (Wildman–Crippen MR) is 80.7 cm³/mol. The van der Waals surface area contributed by atoms with Gasteiger partial charge in [0.25, 0.3) is 0 Å². The van der Waals surface area contributed by atoms with E-state index in [0.717, 1.165) is 10.9 Å². The molecule has 0 spiro atoms. The molecular formula is C15H9Cl2NO2. The van der Waals surface area contributed by atoms with Crippen LogP contribution in [0.1, 0.15) is 10.5 Å². The molecule has 0 amide bonds. The molecule has 100 valence electrons. The van der Waals surface area contributed by atoms with E-state index in [1.54, 1.807) is 18.2 Å². The van der Waals surface area contributed by atoms with Crippen molar-refractivity contribution in [2.45, 2.75) is 0 Å². The highest BCUT2D eigenvalue weighted by Crippen LogP contribution is 2.35. The van der Waals surface area contributed by atoms with Gasteiger partial charge in [0.1, 0.15) is 5.69 Å². The Morgan fingerprint density at radius 2 is 1.70 bits per heavy atom. The lowest BCUT2D eigenvalue weighted by Crippen LogP contribution is -1.98. The summed E-state index contributed by atoms with van der Waals surface area (Å²) in [5.41, 5.74) is 2.16. The van der Waals surface area contributed by atoms with Crippen LogP contribution in [-0.2, 0) is 0 Å². The van der Waals surface area contributed by atoms with Crippen molar-refractivity contribution in [3.05, 3.63) is 58.2 Å². The van der Waals surface area contributed by atoms with E-state index in [1.807, 2.05) is 24.3 Å². The fourth-order valence-corrected chi connectivity index (χ4v) is 2.83. The van der Waals surface area contributed by atoms with Gasteiger partial charge in [0.05, 0.1) is 0 Å². The molecule has 0 saturated heterocycles. The average Bonchev–Trinajstić information content (AvgIpc) is 2.77. The topological polar surface area (TPSA) is 53.1 Å². The van der Waals surface area contributed by atoms with Crippen molar-refractivity contribution >= 4 is 40.1 Å². The maximum absolute atomic E-state index is 11.4. The first kappa shape index (κ1) is 13.0. The molecule has 0 radical (unpaired) electrons. The van der Waals surface area contributed by atoms with Crippen molar-refractivity contribution in [2.24, 2.45) is 0 Å². The number of benzene rings is 2. The number of aromatic amines is 1. The van der Waals surface area contributed by atoms with E-state index in [2.05, 4.69) is 4.98 Å². The molecule has 3 aromatic rings. The average molecular weight is 306 g/mol. The van der Waals surface area contributed by atoms with Crippen LogP contribution in [-0.4, -0.2) is 16.1 Å². The van der Waals surface area contributed by atoms with Crippen LogP contribution < -0.4 is 0 Å². The molecule has 0 aliphatic heterocycles. The second-order valence-corrected chi connectivity index (χ2v) is 5.26. The summed E-state index contributed by atoms with van der Waals surface area (Å²) in [4.78, 5) is 14.4. The molecule has 3 rings (SSSR count). The predicted octanol–water partition coefficient (Wildman–Crippen LogP) is 4.84. The first-order valence-electron chi connectivity index (χ1n) is 5.87. The van der Waals surface area contributed by atoms with Crippen LogP contribution in [0.2, 0.25) is 10.0 Å². The van der Waals surface area contributed by atoms with Crippen LogP contribution in [0, 0.1) is 0 Å². The first-order valence-corrected chi connectivity index (χ1v) is 6.62. The molecule has 0 atom stereocenters. The molecule has 1 heterocycles. The van der Waals surface area contributed by atoms with Gasteiger partial charge in [0.15, 0.2) is 0 Å². The van der Waals surface area contributed by atoms with Gasteiger partial charge in [-0.05, 0) is 29.8 Å². The summed E-state index contributed by atoms with van der Waals surface area (Å²) >= 11 is 12.0. The fraction of sp³-hybridized carbons (Fsp3) is 0. The lowest BCUT2D eigenvalue weighted by Gasteiger charge is -2.04. The van der Waals surface area contributed by atoms with Crippen molar-refractivity contribution in [3.8, 4) is 11.1 Å².